The molecular formula is C22H27N3OS. The van der Waals surface area contributed by atoms with Gasteiger partial charge in [0, 0.05) is 6.04 Å². The van der Waals surface area contributed by atoms with Crippen LogP contribution in [0.1, 0.15) is 48.8 Å². The van der Waals surface area contributed by atoms with Gasteiger partial charge in [-0.05, 0) is 72.9 Å². The highest BCUT2D eigenvalue weighted by atomic mass is 32.1. The molecule has 0 saturated heterocycles. The van der Waals surface area contributed by atoms with Crippen LogP contribution >= 0.6 is 12.2 Å². The number of benzene rings is 2. The van der Waals surface area contributed by atoms with Gasteiger partial charge in [-0.1, -0.05) is 43.5 Å². The Morgan fingerprint density at radius 2 is 1.85 bits per heavy atom. The van der Waals surface area contributed by atoms with Gasteiger partial charge in [-0.25, -0.2) is 0 Å². The first kappa shape index (κ1) is 19.4. The first-order valence-corrected chi connectivity index (χ1v) is 9.98. The summed E-state index contributed by atoms with van der Waals surface area (Å²) in [5.74, 6) is 0.845. The van der Waals surface area contributed by atoms with Gasteiger partial charge >= 0.3 is 0 Å². The molecule has 142 valence electrons. The Labute approximate surface area is 167 Å². The lowest BCUT2D eigenvalue weighted by Gasteiger charge is -2.23. The van der Waals surface area contributed by atoms with Crippen molar-refractivity contribution in [2.24, 2.45) is 5.10 Å². The largest absolute Gasteiger partial charge is 0.489 e. The molecule has 1 aliphatic carbocycles. The van der Waals surface area contributed by atoms with Crippen LogP contribution in [0.15, 0.2) is 53.6 Å². The van der Waals surface area contributed by atoms with Crippen molar-refractivity contribution in [2.75, 3.05) is 0 Å². The lowest BCUT2D eigenvalue weighted by Crippen LogP contribution is -2.40. The molecule has 0 unspecified atom stereocenters. The van der Waals surface area contributed by atoms with E-state index in [1.165, 1.54) is 43.2 Å². The molecular weight excluding hydrogens is 354 g/mol. The third-order valence-corrected chi connectivity index (χ3v) is 5.06. The van der Waals surface area contributed by atoms with E-state index in [1.807, 2.05) is 36.4 Å². The first-order chi connectivity index (χ1) is 13.2. The Morgan fingerprint density at radius 3 is 2.59 bits per heavy atom. The number of ether oxygens (including phenoxy) is 1. The van der Waals surface area contributed by atoms with Crippen molar-refractivity contribution in [2.45, 2.75) is 51.7 Å². The van der Waals surface area contributed by atoms with Crippen LogP contribution in [0.4, 0.5) is 0 Å². The van der Waals surface area contributed by atoms with E-state index in [1.54, 1.807) is 6.21 Å². The maximum absolute atomic E-state index is 5.86. The number of hydrogen-bond acceptors (Lipinski definition) is 3. The van der Waals surface area contributed by atoms with Crippen molar-refractivity contribution in [1.82, 2.24) is 10.7 Å². The fourth-order valence-corrected chi connectivity index (χ4v) is 3.43. The summed E-state index contributed by atoms with van der Waals surface area (Å²) in [5, 5.41) is 8.15. The average molecular weight is 382 g/mol. The zero-order valence-electron chi connectivity index (χ0n) is 15.8. The van der Waals surface area contributed by atoms with E-state index >= 15 is 0 Å². The van der Waals surface area contributed by atoms with Crippen molar-refractivity contribution in [3.05, 3.63) is 65.2 Å². The number of nitrogens with zero attached hydrogens (tertiary/aromatic N) is 1. The van der Waals surface area contributed by atoms with Crippen molar-refractivity contribution in [1.29, 1.82) is 0 Å². The molecule has 0 atom stereocenters. The van der Waals surface area contributed by atoms with E-state index in [0.29, 0.717) is 17.8 Å². The second-order valence-electron chi connectivity index (χ2n) is 6.96. The van der Waals surface area contributed by atoms with E-state index in [2.05, 4.69) is 34.9 Å². The zero-order valence-corrected chi connectivity index (χ0v) is 16.6. The minimum Gasteiger partial charge on any atom is -0.489 e. The number of thiocarbonyl (C=S) groups is 1. The minimum atomic E-state index is 0.485. The number of hydrazone groups is 1. The molecule has 0 radical (unpaired) electrons. The molecule has 1 fully saturated rings. The van der Waals surface area contributed by atoms with Crippen LogP contribution in [0.25, 0.3) is 0 Å². The average Bonchev–Trinajstić information content (AvgIpc) is 2.69. The molecule has 0 aliphatic heterocycles. The lowest BCUT2D eigenvalue weighted by molar-refractivity contribution is 0.305. The van der Waals surface area contributed by atoms with E-state index in [9.17, 15) is 0 Å². The predicted octanol–water partition coefficient (Wildman–Crippen LogP) is 4.70. The highest BCUT2D eigenvalue weighted by Gasteiger charge is 2.13. The topological polar surface area (TPSA) is 45.6 Å². The third kappa shape index (κ3) is 6.36. The second-order valence-corrected chi connectivity index (χ2v) is 7.37. The summed E-state index contributed by atoms with van der Waals surface area (Å²) in [5.41, 5.74) is 6.34. The van der Waals surface area contributed by atoms with Gasteiger partial charge in [0.05, 0.1) is 6.21 Å². The van der Waals surface area contributed by atoms with Gasteiger partial charge in [-0.15, -0.1) is 0 Å². The highest BCUT2D eigenvalue weighted by Crippen LogP contribution is 2.17. The SMILES string of the molecule is Cc1ccccc1COc1ccc(/C=N/NC(=S)NC2CCCCC2)cc1. The number of nitrogens with one attached hydrogen (secondary N) is 2. The van der Waals surface area contributed by atoms with Crippen molar-refractivity contribution < 1.29 is 4.74 Å². The Balaban J connectivity index is 1.43. The molecule has 1 saturated carbocycles. The molecule has 3 rings (SSSR count). The number of aryl methyl sites for hydroxylation is 1. The van der Waals surface area contributed by atoms with Gasteiger partial charge in [0.1, 0.15) is 12.4 Å². The minimum absolute atomic E-state index is 0.485. The monoisotopic (exact) mass is 381 g/mol. The van der Waals surface area contributed by atoms with Gasteiger partial charge < -0.3 is 10.1 Å². The van der Waals surface area contributed by atoms with E-state index in [4.69, 9.17) is 17.0 Å². The van der Waals surface area contributed by atoms with Crippen LogP contribution < -0.4 is 15.5 Å². The molecule has 1 aliphatic rings. The summed E-state index contributed by atoms with van der Waals surface area (Å²) in [4.78, 5) is 0. The molecule has 0 bridgehead atoms. The van der Waals surface area contributed by atoms with Crippen molar-refractivity contribution in [3.63, 3.8) is 0 Å². The van der Waals surface area contributed by atoms with Gasteiger partial charge in [0.15, 0.2) is 5.11 Å². The highest BCUT2D eigenvalue weighted by molar-refractivity contribution is 7.80. The van der Waals surface area contributed by atoms with Crippen molar-refractivity contribution in [3.8, 4) is 5.75 Å². The van der Waals surface area contributed by atoms with E-state index < -0.39 is 0 Å². The fourth-order valence-electron chi connectivity index (χ4n) is 3.21. The molecule has 0 aromatic heterocycles. The van der Waals surface area contributed by atoms with Crippen LogP contribution in [0, 0.1) is 6.92 Å². The Hall–Kier alpha value is -2.40. The van der Waals surface area contributed by atoms with Gasteiger partial charge in [0.2, 0.25) is 0 Å². The summed E-state index contributed by atoms with van der Waals surface area (Å²) in [6.07, 6.45) is 8.04. The molecule has 27 heavy (non-hydrogen) atoms. The van der Waals surface area contributed by atoms with Crippen LogP contribution in [0.3, 0.4) is 0 Å². The fraction of sp³-hybridized carbons (Fsp3) is 0.364. The normalized spacial score (nSPS) is 14.9. The third-order valence-electron chi connectivity index (χ3n) is 4.86. The van der Waals surface area contributed by atoms with Gasteiger partial charge in [-0.3, -0.25) is 5.43 Å². The zero-order chi connectivity index (χ0) is 18.9. The number of hydrogen-bond donors (Lipinski definition) is 2. The smallest absolute Gasteiger partial charge is 0.187 e. The molecule has 0 spiro atoms. The van der Waals surface area contributed by atoms with E-state index in [0.717, 1.165) is 11.3 Å². The van der Waals surface area contributed by atoms with Crippen LogP contribution in [0.5, 0.6) is 5.75 Å². The van der Waals surface area contributed by atoms with E-state index in [-0.39, 0.29) is 0 Å². The van der Waals surface area contributed by atoms with Gasteiger partial charge in [0.25, 0.3) is 0 Å². The molecule has 2 N–H and O–H groups in total. The molecule has 0 heterocycles. The van der Waals surface area contributed by atoms with Crippen LogP contribution in [-0.2, 0) is 6.61 Å². The van der Waals surface area contributed by atoms with Crippen LogP contribution in [0.2, 0.25) is 0 Å². The molecule has 0 amide bonds. The molecule has 4 nitrogen and oxygen atoms in total. The molecule has 2 aromatic rings. The maximum Gasteiger partial charge on any atom is 0.187 e. The summed E-state index contributed by atoms with van der Waals surface area (Å²) in [6, 6.07) is 16.6. The standard InChI is InChI=1S/C22H27N3OS/c1-17-7-5-6-8-19(17)16-26-21-13-11-18(12-14-21)15-23-25-22(27)24-20-9-3-2-4-10-20/h5-8,11-15,20H,2-4,9-10,16H2,1H3,(H2,24,25,27)/b23-15+. The predicted molar refractivity (Wildman–Crippen MR) is 115 cm³/mol. The number of rotatable bonds is 6. The Morgan fingerprint density at radius 1 is 1.11 bits per heavy atom. The Kier molecular flexibility index (Phi) is 7.22. The van der Waals surface area contributed by atoms with Gasteiger partial charge in [-0.2, -0.15) is 5.10 Å². The lowest BCUT2D eigenvalue weighted by atomic mass is 9.96. The van der Waals surface area contributed by atoms with Crippen molar-refractivity contribution >= 4 is 23.5 Å². The summed E-state index contributed by atoms with van der Waals surface area (Å²) >= 11 is 5.31. The molecule has 2 aromatic carbocycles. The maximum atomic E-state index is 5.86. The summed E-state index contributed by atoms with van der Waals surface area (Å²) in [6.45, 7) is 2.67. The Bertz CT molecular complexity index is 767. The quantitative estimate of drug-likeness (QED) is 0.432. The molecule has 5 heteroatoms. The summed E-state index contributed by atoms with van der Waals surface area (Å²) < 4.78 is 5.86. The summed E-state index contributed by atoms with van der Waals surface area (Å²) in [7, 11) is 0. The van der Waals surface area contributed by atoms with Crippen LogP contribution in [-0.4, -0.2) is 17.4 Å². The second kappa shape index (κ2) is 10.1. The first-order valence-electron chi connectivity index (χ1n) is 9.57.